The molecule has 1 fully saturated rings. The number of hydrogen-bond acceptors (Lipinski definition) is 7. The third-order valence-electron chi connectivity index (χ3n) is 4.62. The van der Waals surface area contributed by atoms with Crippen molar-refractivity contribution < 1.29 is 17.6 Å². The van der Waals surface area contributed by atoms with Crippen LogP contribution in [-0.2, 0) is 27.5 Å². The van der Waals surface area contributed by atoms with E-state index >= 15 is 0 Å². The van der Waals surface area contributed by atoms with Crippen LogP contribution in [0.4, 0.5) is 5.69 Å². The van der Waals surface area contributed by atoms with Gasteiger partial charge in [-0.3, -0.25) is 4.79 Å². The number of nitrogens with one attached hydrogen (secondary N) is 1. The van der Waals surface area contributed by atoms with Gasteiger partial charge < -0.3 is 9.73 Å². The van der Waals surface area contributed by atoms with Crippen LogP contribution in [0.3, 0.4) is 0 Å². The number of nitrogens with zero attached hydrogens (tertiary/aromatic N) is 2. The number of carbonyl (C=O) groups is 1. The molecule has 1 N–H and O–H groups in total. The number of benzene rings is 1. The third-order valence-corrected chi connectivity index (χ3v) is 7.28. The van der Waals surface area contributed by atoms with Gasteiger partial charge in [0, 0.05) is 12.1 Å². The minimum atomic E-state index is -2.92. The first-order chi connectivity index (χ1) is 13.4. The van der Waals surface area contributed by atoms with Crippen LogP contribution in [0.15, 0.2) is 33.9 Å². The topological polar surface area (TPSA) is 102 Å². The molecule has 1 aromatic heterocycles. The summed E-state index contributed by atoms with van der Waals surface area (Å²) in [6.45, 7) is 2.16. The van der Waals surface area contributed by atoms with Gasteiger partial charge in [-0.25, -0.2) is 8.42 Å². The quantitative estimate of drug-likeness (QED) is 0.618. The Balaban J connectivity index is 1.43. The van der Waals surface area contributed by atoms with Crippen LogP contribution in [-0.4, -0.2) is 41.8 Å². The Kier molecular flexibility index (Phi) is 7.12. The van der Waals surface area contributed by atoms with E-state index in [1.807, 2.05) is 24.3 Å². The van der Waals surface area contributed by atoms with Gasteiger partial charge in [0.05, 0.1) is 17.3 Å². The Hall–Kier alpha value is -1.87. The minimum Gasteiger partial charge on any atom is -0.416 e. The first-order valence-corrected chi connectivity index (χ1v) is 12.3. The van der Waals surface area contributed by atoms with Crippen molar-refractivity contribution in [3.8, 4) is 0 Å². The summed E-state index contributed by atoms with van der Waals surface area (Å²) >= 11 is 1.17. The van der Waals surface area contributed by atoms with E-state index in [1.165, 1.54) is 17.3 Å². The molecule has 0 spiro atoms. The number of anilines is 1. The Morgan fingerprint density at radius 2 is 2.07 bits per heavy atom. The monoisotopic (exact) mass is 423 g/mol. The number of sulfone groups is 1. The van der Waals surface area contributed by atoms with Gasteiger partial charge in [-0.1, -0.05) is 37.2 Å². The van der Waals surface area contributed by atoms with Crippen LogP contribution in [0, 0.1) is 5.92 Å². The van der Waals surface area contributed by atoms with Gasteiger partial charge in [-0.15, -0.1) is 10.2 Å². The van der Waals surface area contributed by atoms with Crippen molar-refractivity contribution in [3.63, 3.8) is 0 Å². The number of thioether (sulfide) groups is 1. The zero-order chi connectivity index (χ0) is 20.0. The van der Waals surface area contributed by atoms with Gasteiger partial charge in [0.15, 0.2) is 9.84 Å². The number of amides is 1. The second kappa shape index (κ2) is 9.56. The zero-order valence-electron chi connectivity index (χ0n) is 15.9. The fourth-order valence-electron chi connectivity index (χ4n) is 3.12. The van der Waals surface area contributed by atoms with Crippen LogP contribution in [0.25, 0.3) is 0 Å². The molecule has 7 nitrogen and oxygen atoms in total. The highest BCUT2D eigenvalue weighted by molar-refractivity contribution is 7.99. The fourth-order valence-corrected chi connectivity index (χ4v) is 5.56. The van der Waals surface area contributed by atoms with Crippen LogP contribution in [0.1, 0.15) is 37.6 Å². The normalized spacial score (nSPS) is 18.2. The lowest BCUT2D eigenvalue weighted by atomic mass is 10.1. The molecule has 2 heterocycles. The van der Waals surface area contributed by atoms with Gasteiger partial charge in [0.1, 0.15) is 0 Å². The molecule has 1 saturated heterocycles. The molecule has 0 bridgehead atoms. The van der Waals surface area contributed by atoms with Crippen LogP contribution >= 0.6 is 11.8 Å². The molecule has 28 heavy (non-hydrogen) atoms. The number of aromatic nitrogens is 2. The second-order valence-electron chi connectivity index (χ2n) is 7.07. The minimum absolute atomic E-state index is 0.0342. The van der Waals surface area contributed by atoms with Crippen molar-refractivity contribution in [1.82, 2.24) is 10.2 Å². The average molecular weight is 424 g/mol. The summed E-state index contributed by atoms with van der Waals surface area (Å²) in [5, 5.41) is 11.1. The number of unbranched alkanes of at least 4 members (excludes halogenated alkanes) is 1. The SMILES string of the molecule is CCCCc1ccc(NC(=O)CSc2nnc(C[C@@H]3CCS(=O)(=O)C3)o2)cc1. The number of rotatable bonds is 9. The van der Waals surface area contributed by atoms with E-state index in [1.54, 1.807) is 0 Å². The first-order valence-electron chi connectivity index (χ1n) is 9.48. The zero-order valence-corrected chi connectivity index (χ0v) is 17.5. The summed E-state index contributed by atoms with van der Waals surface area (Å²) in [4.78, 5) is 12.1. The maximum Gasteiger partial charge on any atom is 0.277 e. The largest absolute Gasteiger partial charge is 0.416 e. The Morgan fingerprint density at radius 3 is 2.75 bits per heavy atom. The van der Waals surface area contributed by atoms with Gasteiger partial charge in [0.25, 0.3) is 5.22 Å². The van der Waals surface area contributed by atoms with Crippen molar-refractivity contribution in [2.75, 3.05) is 22.6 Å². The molecule has 1 atom stereocenters. The van der Waals surface area contributed by atoms with Gasteiger partial charge in [-0.2, -0.15) is 0 Å². The first kappa shape index (κ1) is 20.9. The van der Waals surface area contributed by atoms with E-state index < -0.39 is 9.84 Å². The van der Waals surface area contributed by atoms with Crippen molar-refractivity contribution in [3.05, 3.63) is 35.7 Å². The van der Waals surface area contributed by atoms with Crippen molar-refractivity contribution >= 4 is 33.2 Å². The lowest BCUT2D eigenvalue weighted by molar-refractivity contribution is -0.113. The number of aryl methyl sites for hydroxylation is 1. The molecule has 1 aliphatic rings. The summed E-state index contributed by atoms with van der Waals surface area (Å²) in [7, 11) is -2.92. The predicted molar refractivity (Wildman–Crippen MR) is 109 cm³/mol. The molecular formula is C19H25N3O4S2. The smallest absolute Gasteiger partial charge is 0.277 e. The van der Waals surface area contributed by atoms with E-state index in [-0.39, 0.29) is 29.1 Å². The molecule has 1 amide bonds. The summed E-state index contributed by atoms with van der Waals surface area (Å²) in [5.41, 5.74) is 2.03. The third kappa shape index (κ3) is 6.34. The lowest BCUT2D eigenvalue weighted by Gasteiger charge is -2.05. The fraction of sp³-hybridized carbons (Fsp3) is 0.526. The average Bonchev–Trinajstić information content (AvgIpc) is 3.25. The molecule has 1 aromatic carbocycles. The molecule has 2 aromatic rings. The Morgan fingerprint density at radius 1 is 1.29 bits per heavy atom. The maximum absolute atomic E-state index is 12.1. The number of carbonyl (C=O) groups excluding carboxylic acids is 1. The van der Waals surface area contributed by atoms with E-state index in [0.29, 0.717) is 24.0 Å². The van der Waals surface area contributed by atoms with E-state index in [2.05, 4.69) is 22.4 Å². The summed E-state index contributed by atoms with van der Waals surface area (Å²) in [6, 6.07) is 7.89. The highest BCUT2D eigenvalue weighted by atomic mass is 32.2. The molecule has 3 rings (SSSR count). The summed E-state index contributed by atoms with van der Waals surface area (Å²) in [6.07, 6.45) is 4.46. The van der Waals surface area contributed by atoms with Gasteiger partial charge in [-0.05, 0) is 42.9 Å². The summed E-state index contributed by atoms with van der Waals surface area (Å²) in [5.74, 6) is 0.884. The van der Waals surface area contributed by atoms with Gasteiger partial charge >= 0.3 is 0 Å². The maximum atomic E-state index is 12.1. The van der Waals surface area contributed by atoms with Gasteiger partial charge in [0.2, 0.25) is 11.8 Å². The molecular weight excluding hydrogens is 398 g/mol. The number of hydrogen-bond donors (Lipinski definition) is 1. The highest BCUT2D eigenvalue weighted by Crippen LogP contribution is 2.24. The lowest BCUT2D eigenvalue weighted by Crippen LogP contribution is -2.13. The Bertz CT molecular complexity index is 894. The van der Waals surface area contributed by atoms with E-state index in [0.717, 1.165) is 24.9 Å². The predicted octanol–water partition coefficient (Wildman–Crippen LogP) is 3.12. The molecule has 152 valence electrons. The molecule has 0 saturated carbocycles. The van der Waals surface area contributed by atoms with E-state index in [4.69, 9.17) is 4.42 Å². The molecule has 0 aliphatic carbocycles. The molecule has 0 radical (unpaired) electrons. The van der Waals surface area contributed by atoms with Crippen molar-refractivity contribution in [2.24, 2.45) is 5.92 Å². The van der Waals surface area contributed by atoms with E-state index in [9.17, 15) is 13.2 Å². The van der Waals surface area contributed by atoms with Crippen LogP contribution in [0.2, 0.25) is 0 Å². The summed E-state index contributed by atoms with van der Waals surface area (Å²) < 4.78 is 28.6. The highest BCUT2D eigenvalue weighted by Gasteiger charge is 2.29. The van der Waals surface area contributed by atoms with Crippen LogP contribution in [0.5, 0.6) is 0 Å². The van der Waals surface area contributed by atoms with Crippen molar-refractivity contribution in [1.29, 1.82) is 0 Å². The molecule has 0 unspecified atom stereocenters. The second-order valence-corrected chi connectivity index (χ2v) is 10.2. The molecule has 9 heteroatoms. The van der Waals surface area contributed by atoms with Crippen molar-refractivity contribution in [2.45, 2.75) is 44.3 Å². The standard InChI is InChI=1S/C19H25N3O4S2/c1-2-3-4-14-5-7-16(8-6-14)20-17(23)12-27-19-22-21-18(26-19)11-15-9-10-28(24,25)13-15/h5-8,15H,2-4,9-13H2,1H3,(H,20,23)/t15-/m0/s1. The molecule has 1 aliphatic heterocycles. The van der Waals surface area contributed by atoms with Crippen LogP contribution < -0.4 is 5.32 Å². The Labute approximate surface area is 169 Å².